The first-order chi connectivity index (χ1) is 15.2. The molecule has 0 saturated heterocycles. The van der Waals surface area contributed by atoms with E-state index in [4.69, 9.17) is 0 Å². The molecule has 5 heteroatoms. The fourth-order valence-corrected chi connectivity index (χ4v) is 5.25. The van der Waals surface area contributed by atoms with Crippen LogP contribution in [0.3, 0.4) is 0 Å². The molecule has 3 nitrogen and oxygen atoms in total. The molecule has 4 aromatic rings. The van der Waals surface area contributed by atoms with Crippen LogP contribution in [0.4, 0.5) is 10.5 Å². The van der Waals surface area contributed by atoms with Gasteiger partial charge >= 0.3 is 22.4 Å². The quantitative estimate of drug-likeness (QED) is 0.201. The van der Waals surface area contributed by atoms with E-state index in [1.54, 1.807) is 12.1 Å². The smallest absolute Gasteiger partial charge is 0.591 e. The van der Waals surface area contributed by atoms with Crippen LogP contribution in [0.1, 0.15) is 5.56 Å². The van der Waals surface area contributed by atoms with E-state index in [9.17, 15) is 4.79 Å². The molecule has 0 N–H and O–H groups in total. The van der Waals surface area contributed by atoms with Crippen molar-refractivity contribution in [2.75, 3.05) is 7.11 Å². The van der Waals surface area contributed by atoms with Crippen molar-refractivity contribution in [3.8, 4) is 0 Å². The first kappa shape index (κ1) is 25.6. The molecule has 0 spiro atoms. The second-order valence-electron chi connectivity index (χ2n) is 6.76. The van der Waals surface area contributed by atoms with Gasteiger partial charge in [0.2, 0.25) is 6.09 Å². The fourth-order valence-electron chi connectivity index (χ4n) is 2.95. The van der Waals surface area contributed by atoms with Crippen LogP contribution in [0.15, 0.2) is 115 Å². The molecule has 0 heterocycles. The fraction of sp³-hybridized carbons (Fsp3) is 0.0741. The summed E-state index contributed by atoms with van der Waals surface area (Å²) >= 11 is 0. The molecule has 0 aliphatic rings. The molecule has 0 bridgehead atoms. The standard InChI is InChI=1S/C18H15P.C9H11NO2.Au/c1-4-10-16(11-5-1)19(17-12-6-2-7-13-17)18-14-8-3-9-15-18;1-7-3-5-8(6-4-7)10-9(11)12-2;/h1-15H;3-6H,1-2H3,(H,10,11);/q;;+1/p-1. The van der Waals surface area contributed by atoms with Gasteiger partial charge in [0.1, 0.15) is 0 Å². The second-order valence-corrected chi connectivity index (χ2v) is 8.98. The van der Waals surface area contributed by atoms with Crippen LogP contribution in [-0.2, 0) is 27.1 Å². The summed E-state index contributed by atoms with van der Waals surface area (Å²) in [6, 6.07) is 39.6. The van der Waals surface area contributed by atoms with Gasteiger partial charge in [-0.15, -0.1) is 5.69 Å². The molecule has 4 rings (SSSR count). The predicted octanol–water partition coefficient (Wildman–Crippen LogP) is 6.21. The van der Waals surface area contributed by atoms with Crippen molar-refractivity contribution in [1.29, 1.82) is 0 Å². The average molecular weight is 623 g/mol. The topological polar surface area (TPSA) is 40.4 Å². The molecule has 0 atom stereocenters. The molecule has 0 radical (unpaired) electrons. The molecular weight excluding hydrogens is 598 g/mol. The maximum Gasteiger partial charge on any atom is 1.00 e. The first-order valence-corrected chi connectivity index (χ1v) is 11.3. The number of ether oxygens (including phenoxy) is 1. The monoisotopic (exact) mass is 623 g/mol. The van der Waals surface area contributed by atoms with Crippen molar-refractivity contribution in [2.24, 2.45) is 0 Å². The maximum absolute atomic E-state index is 10.7. The zero-order chi connectivity index (χ0) is 21.9. The SMILES string of the molecule is COC(=O)[N-]c1ccc(C)cc1.[Au+].c1ccc(P(c2ccccc2)c2ccccc2)cc1. The van der Waals surface area contributed by atoms with Gasteiger partial charge in [0, 0.05) is 0 Å². The average Bonchev–Trinajstić information content (AvgIpc) is 2.83. The Morgan fingerprint density at radius 2 is 1.03 bits per heavy atom. The van der Waals surface area contributed by atoms with Gasteiger partial charge in [0.15, 0.2) is 0 Å². The normalized spacial score (nSPS) is 9.72. The molecule has 1 amide bonds. The molecule has 0 fully saturated rings. The van der Waals surface area contributed by atoms with Crippen LogP contribution >= 0.6 is 7.92 Å². The van der Waals surface area contributed by atoms with Gasteiger partial charge in [-0.05, 0) is 30.8 Å². The molecule has 32 heavy (non-hydrogen) atoms. The third kappa shape index (κ3) is 7.78. The van der Waals surface area contributed by atoms with E-state index in [0.717, 1.165) is 5.56 Å². The van der Waals surface area contributed by atoms with Crippen LogP contribution in [0.2, 0.25) is 0 Å². The number of rotatable bonds is 4. The minimum atomic E-state index is -0.571. The van der Waals surface area contributed by atoms with Crippen molar-refractivity contribution in [1.82, 2.24) is 0 Å². The van der Waals surface area contributed by atoms with Crippen molar-refractivity contribution in [3.05, 3.63) is 126 Å². The Balaban J connectivity index is 0.000000244. The Morgan fingerprint density at radius 1 is 0.656 bits per heavy atom. The Hall–Kier alpha value is -2.68. The summed E-state index contributed by atoms with van der Waals surface area (Å²) in [4.78, 5) is 10.7. The summed E-state index contributed by atoms with van der Waals surface area (Å²) in [5.41, 5.74) is 1.76. The number of carbonyl (C=O) groups is 1. The van der Waals surface area contributed by atoms with E-state index in [1.807, 2.05) is 19.1 Å². The number of benzene rings is 4. The van der Waals surface area contributed by atoms with Crippen LogP contribution in [0.25, 0.3) is 5.32 Å². The Morgan fingerprint density at radius 3 is 1.38 bits per heavy atom. The molecule has 0 unspecified atom stereocenters. The van der Waals surface area contributed by atoms with Gasteiger partial charge in [-0.1, -0.05) is 121 Å². The van der Waals surface area contributed by atoms with Gasteiger partial charge in [-0.25, -0.2) is 0 Å². The summed E-state index contributed by atoms with van der Waals surface area (Å²) < 4.78 is 4.38. The number of aryl methyl sites for hydroxylation is 1. The zero-order valence-corrected chi connectivity index (χ0v) is 21.0. The summed E-state index contributed by atoms with van der Waals surface area (Å²) in [6.07, 6.45) is -0.571. The number of amides is 1. The number of hydrogen-bond acceptors (Lipinski definition) is 2. The summed E-state index contributed by atoms with van der Waals surface area (Å²) in [5, 5.41) is 7.85. The minimum absolute atomic E-state index is 0. The number of hydrogen-bond donors (Lipinski definition) is 0. The Bertz CT molecular complexity index is 965. The molecule has 166 valence electrons. The van der Waals surface area contributed by atoms with E-state index in [1.165, 1.54) is 23.0 Å². The van der Waals surface area contributed by atoms with Gasteiger partial charge in [-0.3, -0.25) is 4.79 Å². The molecular formula is C27H25AuNO2P. The molecule has 0 aliphatic heterocycles. The van der Waals surface area contributed by atoms with Crippen LogP contribution in [0, 0.1) is 6.92 Å². The second kappa shape index (κ2) is 13.7. The van der Waals surface area contributed by atoms with Crippen LogP contribution < -0.4 is 15.9 Å². The predicted molar refractivity (Wildman–Crippen MR) is 132 cm³/mol. The van der Waals surface area contributed by atoms with Gasteiger partial charge < -0.3 is 10.1 Å². The Labute approximate surface area is 207 Å². The minimum Gasteiger partial charge on any atom is -0.591 e. The van der Waals surface area contributed by atoms with Crippen molar-refractivity contribution in [2.45, 2.75) is 6.92 Å². The number of nitrogens with zero attached hydrogens (tertiary/aromatic N) is 1. The maximum atomic E-state index is 10.7. The van der Waals surface area contributed by atoms with E-state index in [0.29, 0.717) is 5.69 Å². The molecule has 4 aromatic carbocycles. The summed E-state index contributed by atoms with van der Waals surface area (Å²) in [5.74, 6) is 0. The zero-order valence-electron chi connectivity index (χ0n) is 18.0. The third-order valence-corrected chi connectivity index (χ3v) is 6.92. The molecule has 0 aromatic heterocycles. The largest absolute Gasteiger partial charge is 1.00 e. The van der Waals surface area contributed by atoms with E-state index < -0.39 is 14.0 Å². The van der Waals surface area contributed by atoms with E-state index in [-0.39, 0.29) is 22.4 Å². The summed E-state index contributed by atoms with van der Waals surface area (Å²) in [6.45, 7) is 1.97. The number of methoxy groups -OCH3 is 1. The first-order valence-electron chi connectivity index (χ1n) is 9.99. The van der Waals surface area contributed by atoms with Crippen molar-refractivity contribution in [3.63, 3.8) is 0 Å². The van der Waals surface area contributed by atoms with Crippen molar-refractivity contribution < 1.29 is 31.9 Å². The van der Waals surface area contributed by atoms with Crippen LogP contribution in [0.5, 0.6) is 0 Å². The van der Waals surface area contributed by atoms with E-state index >= 15 is 0 Å². The third-order valence-electron chi connectivity index (χ3n) is 4.47. The van der Waals surface area contributed by atoms with Gasteiger partial charge in [0.05, 0.1) is 7.11 Å². The number of carbonyl (C=O) groups excluding carboxylic acids is 1. The molecule has 0 saturated carbocycles. The van der Waals surface area contributed by atoms with Crippen molar-refractivity contribution >= 4 is 35.6 Å². The van der Waals surface area contributed by atoms with Gasteiger partial charge in [-0.2, -0.15) is 0 Å². The summed E-state index contributed by atoms with van der Waals surface area (Å²) in [7, 11) is 0.860. The van der Waals surface area contributed by atoms with E-state index in [2.05, 4.69) is 101 Å². The molecule has 0 aliphatic carbocycles. The van der Waals surface area contributed by atoms with Gasteiger partial charge in [0.25, 0.3) is 0 Å². The van der Waals surface area contributed by atoms with Crippen LogP contribution in [-0.4, -0.2) is 13.2 Å². The Kier molecular flexibility index (Phi) is 10.9.